The minimum atomic E-state index is -1.25. The zero-order valence-corrected chi connectivity index (χ0v) is 18.7. The number of aromatic nitrogens is 4. The molecule has 27 heavy (non-hydrogen) atoms. The van der Waals surface area contributed by atoms with Crippen molar-refractivity contribution in [3.63, 3.8) is 0 Å². The molecule has 0 fully saturated rings. The Morgan fingerprint density at radius 3 is 1.41 bits per heavy atom. The molecule has 11 heteroatoms. The van der Waals surface area contributed by atoms with E-state index < -0.39 is 11.9 Å². The predicted molar refractivity (Wildman–Crippen MR) is 82.7 cm³/mol. The number of carboxylic acid groups (broad SMARTS) is 2. The summed E-state index contributed by atoms with van der Waals surface area (Å²) in [7, 11) is 0. The Morgan fingerprint density at radius 1 is 0.741 bits per heavy atom. The van der Waals surface area contributed by atoms with Crippen LogP contribution in [0.5, 0.6) is 0 Å². The van der Waals surface area contributed by atoms with Gasteiger partial charge in [0, 0.05) is 24.8 Å². The SMILES string of the molecule is O.O=C([O-])c1cn2ccccc2n1.O=C([O-])c1cn2ccccc2n1.[Na+].[Na+]. The summed E-state index contributed by atoms with van der Waals surface area (Å²) in [4.78, 5) is 28.4. The minimum Gasteiger partial charge on any atom is -0.543 e. The van der Waals surface area contributed by atoms with Crippen LogP contribution in [0.1, 0.15) is 21.0 Å². The second-order valence-electron chi connectivity index (χ2n) is 4.76. The van der Waals surface area contributed by atoms with Gasteiger partial charge in [0.15, 0.2) is 0 Å². The fourth-order valence-corrected chi connectivity index (χ4v) is 2.07. The number of carbonyl (C=O) groups excluding carboxylic acids is 2. The molecule has 4 rings (SSSR count). The van der Waals surface area contributed by atoms with Crippen LogP contribution >= 0.6 is 0 Å². The Labute approximate surface area is 197 Å². The maximum Gasteiger partial charge on any atom is 1.00 e. The van der Waals surface area contributed by atoms with Crippen molar-refractivity contribution in [2.45, 2.75) is 0 Å². The summed E-state index contributed by atoms with van der Waals surface area (Å²) >= 11 is 0. The van der Waals surface area contributed by atoms with E-state index in [-0.39, 0.29) is 76.0 Å². The zero-order valence-electron chi connectivity index (χ0n) is 14.7. The van der Waals surface area contributed by atoms with E-state index in [4.69, 9.17) is 0 Å². The Bertz CT molecular complexity index is 897. The molecule has 4 heterocycles. The summed E-state index contributed by atoms with van der Waals surface area (Å²) in [5.74, 6) is -2.50. The van der Waals surface area contributed by atoms with Crippen LogP contribution in [-0.2, 0) is 0 Å². The summed E-state index contributed by atoms with van der Waals surface area (Å²) in [6.07, 6.45) is 6.30. The van der Waals surface area contributed by atoms with Gasteiger partial charge in [-0.15, -0.1) is 0 Å². The first kappa shape index (κ1) is 25.3. The van der Waals surface area contributed by atoms with Gasteiger partial charge in [-0.05, 0) is 24.3 Å². The molecule has 0 radical (unpaired) electrons. The number of hydrogen-bond donors (Lipinski definition) is 0. The van der Waals surface area contributed by atoms with Crippen LogP contribution in [0.4, 0.5) is 0 Å². The summed E-state index contributed by atoms with van der Waals surface area (Å²) in [5, 5.41) is 20.8. The van der Waals surface area contributed by atoms with Gasteiger partial charge in [-0.1, -0.05) is 12.1 Å². The molecular weight excluding hydrogens is 374 g/mol. The van der Waals surface area contributed by atoms with Crippen molar-refractivity contribution in [3.8, 4) is 0 Å². The van der Waals surface area contributed by atoms with Crippen LogP contribution in [0.2, 0.25) is 0 Å². The van der Waals surface area contributed by atoms with E-state index in [0.29, 0.717) is 11.3 Å². The number of nitrogens with zero attached hydrogens (tertiary/aromatic N) is 4. The molecule has 0 amide bonds. The van der Waals surface area contributed by atoms with Gasteiger partial charge in [0.1, 0.15) is 22.7 Å². The first-order chi connectivity index (χ1) is 11.5. The van der Waals surface area contributed by atoms with Crippen LogP contribution in [0.3, 0.4) is 0 Å². The molecule has 0 unspecified atom stereocenters. The molecule has 9 nitrogen and oxygen atoms in total. The largest absolute Gasteiger partial charge is 1.00 e. The second-order valence-corrected chi connectivity index (χ2v) is 4.76. The third-order valence-corrected chi connectivity index (χ3v) is 3.15. The third-order valence-electron chi connectivity index (χ3n) is 3.15. The molecule has 4 aromatic heterocycles. The first-order valence-corrected chi connectivity index (χ1v) is 6.85. The van der Waals surface area contributed by atoms with Gasteiger partial charge >= 0.3 is 59.1 Å². The van der Waals surface area contributed by atoms with E-state index in [1.807, 2.05) is 0 Å². The average Bonchev–Trinajstić information content (AvgIpc) is 3.19. The molecule has 128 valence electrons. The second kappa shape index (κ2) is 11.2. The van der Waals surface area contributed by atoms with E-state index in [1.54, 1.807) is 57.6 Å². The fraction of sp³-hybridized carbons (Fsp3) is 0. The van der Waals surface area contributed by atoms with Crippen molar-refractivity contribution < 1.29 is 84.4 Å². The topological polar surface area (TPSA) is 146 Å². The molecule has 0 aliphatic carbocycles. The maximum atomic E-state index is 10.4. The normalized spacial score (nSPS) is 9.19. The molecular formula is C16H12N4Na2O5. The van der Waals surface area contributed by atoms with Crippen LogP contribution in [-0.4, -0.2) is 36.2 Å². The number of rotatable bonds is 2. The summed E-state index contributed by atoms with van der Waals surface area (Å²) in [6.45, 7) is 0. The van der Waals surface area contributed by atoms with Crippen molar-refractivity contribution in [3.05, 3.63) is 72.6 Å². The van der Waals surface area contributed by atoms with Gasteiger partial charge in [-0.3, -0.25) is 0 Å². The molecule has 0 aliphatic heterocycles. The number of carboxylic acids is 2. The van der Waals surface area contributed by atoms with Crippen LogP contribution < -0.4 is 69.3 Å². The Balaban J connectivity index is 0.000000451. The number of aromatic carboxylic acids is 2. The number of hydrogen-bond acceptors (Lipinski definition) is 6. The average molecular weight is 386 g/mol. The van der Waals surface area contributed by atoms with E-state index in [2.05, 4.69) is 9.97 Å². The van der Waals surface area contributed by atoms with Gasteiger partial charge in [0.05, 0.1) is 11.9 Å². The number of imidazole rings is 2. The smallest absolute Gasteiger partial charge is 0.543 e. The van der Waals surface area contributed by atoms with Crippen molar-refractivity contribution in [1.29, 1.82) is 0 Å². The van der Waals surface area contributed by atoms with Gasteiger partial charge in [0.25, 0.3) is 0 Å². The monoisotopic (exact) mass is 386 g/mol. The molecule has 0 atom stereocenters. The molecule has 0 spiro atoms. The van der Waals surface area contributed by atoms with Crippen molar-refractivity contribution in [1.82, 2.24) is 18.8 Å². The van der Waals surface area contributed by atoms with Crippen molar-refractivity contribution in [2.75, 3.05) is 0 Å². The standard InChI is InChI=1S/2C8H6N2O2.2Na.H2O/c2*11-8(12)6-5-10-4-2-1-3-7(10)9-6;;;/h2*1-5H,(H,11,12);;;1H2/q;;2*+1;/p-2. The van der Waals surface area contributed by atoms with Crippen LogP contribution in [0.15, 0.2) is 61.2 Å². The van der Waals surface area contributed by atoms with E-state index in [9.17, 15) is 19.8 Å². The minimum absolute atomic E-state index is 0. The molecule has 0 saturated heterocycles. The summed E-state index contributed by atoms with van der Waals surface area (Å²) in [6, 6.07) is 10.6. The number of pyridine rings is 2. The quantitative estimate of drug-likeness (QED) is 0.313. The predicted octanol–water partition coefficient (Wildman–Crippen LogP) is -7.42. The van der Waals surface area contributed by atoms with Crippen molar-refractivity contribution in [2.24, 2.45) is 0 Å². The molecule has 0 aliphatic rings. The zero-order chi connectivity index (χ0) is 17.1. The van der Waals surface area contributed by atoms with Gasteiger partial charge < -0.3 is 34.1 Å². The Kier molecular flexibility index (Phi) is 10.5. The van der Waals surface area contributed by atoms with E-state index >= 15 is 0 Å². The molecule has 0 bridgehead atoms. The van der Waals surface area contributed by atoms with Crippen molar-refractivity contribution >= 4 is 23.2 Å². The maximum absolute atomic E-state index is 10.4. The third kappa shape index (κ3) is 6.15. The molecule has 4 aromatic rings. The number of carbonyl (C=O) groups is 2. The Morgan fingerprint density at radius 2 is 1.11 bits per heavy atom. The molecule has 2 N–H and O–H groups in total. The first-order valence-electron chi connectivity index (χ1n) is 6.85. The van der Waals surface area contributed by atoms with Crippen LogP contribution in [0, 0.1) is 0 Å². The summed E-state index contributed by atoms with van der Waals surface area (Å²) < 4.78 is 3.26. The Hall–Kier alpha value is -1.72. The van der Waals surface area contributed by atoms with E-state index in [1.165, 1.54) is 12.4 Å². The van der Waals surface area contributed by atoms with E-state index in [0.717, 1.165) is 0 Å². The van der Waals surface area contributed by atoms with Gasteiger partial charge in [-0.25, -0.2) is 9.97 Å². The fourth-order valence-electron chi connectivity index (χ4n) is 2.07. The summed E-state index contributed by atoms with van der Waals surface area (Å²) in [5.41, 5.74) is 1.14. The molecule has 0 saturated carbocycles. The van der Waals surface area contributed by atoms with Gasteiger partial charge in [-0.2, -0.15) is 0 Å². The number of fused-ring (bicyclic) bond motifs is 2. The van der Waals surface area contributed by atoms with Gasteiger partial charge in [0.2, 0.25) is 0 Å². The van der Waals surface area contributed by atoms with Crippen LogP contribution in [0.25, 0.3) is 11.3 Å². The molecule has 0 aromatic carbocycles.